The molecule has 0 amide bonds. The first-order valence-electron chi connectivity index (χ1n) is 8.97. The van der Waals surface area contributed by atoms with Crippen LogP contribution in [0.5, 0.6) is 5.75 Å². The first-order chi connectivity index (χ1) is 13.3. The Kier molecular flexibility index (Phi) is 5.97. The number of aryl methyl sites for hydroxylation is 2. The number of morpholine rings is 1. The molecular formula is C19H23N2O6S+. The minimum atomic E-state index is -4.36. The Hall–Kier alpha value is -2.49. The lowest BCUT2D eigenvalue weighted by atomic mass is 10.0. The zero-order chi connectivity index (χ0) is 20.3. The fraction of sp³-hybridized carbons (Fsp3) is 0.368. The number of ether oxygens (including phenoxy) is 1. The number of hydrogen-bond acceptors (Lipinski definition) is 6. The largest absolute Gasteiger partial charge is 0.378 e. The number of nitrogens with one attached hydrogen (secondary N) is 1. The summed E-state index contributed by atoms with van der Waals surface area (Å²) in [5.41, 5.74) is 2.05. The molecule has 0 aliphatic carbocycles. The predicted molar refractivity (Wildman–Crippen MR) is 102 cm³/mol. The van der Waals surface area contributed by atoms with E-state index in [9.17, 15) is 18.5 Å². The van der Waals surface area contributed by atoms with E-state index in [0.717, 1.165) is 35.8 Å². The maximum Gasteiger partial charge on any atom is 0.346 e. The van der Waals surface area contributed by atoms with Crippen molar-refractivity contribution in [1.82, 2.24) is 0 Å². The molecule has 0 unspecified atom stereocenters. The molecule has 0 bridgehead atoms. The molecule has 0 atom stereocenters. The first kappa shape index (κ1) is 20.2. The van der Waals surface area contributed by atoms with Crippen molar-refractivity contribution < 1.29 is 27.2 Å². The summed E-state index contributed by atoms with van der Waals surface area (Å²) in [7, 11) is -4.36. The van der Waals surface area contributed by atoms with Crippen LogP contribution >= 0.6 is 0 Å². The van der Waals surface area contributed by atoms with E-state index in [2.05, 4.69) is 0 Å². The van der Waals surface area contributed by atoms with Gasteiger partial charge < -0.3 is 13.8 Å². The molecule has 2 aromatic rings. The van der Waals surface area contributed by atoms with Crippen LogP contribution in [0.4, 0.5) is 5.69 Å². The van der Waals surface area contributed by atoms with Crippen LogP contribution in [0.1, 0.15) is 16.7 Å². The molecule has 150 valence electrons. The Labute approximate surface area is 164 Å². The van der Waals surface area contributed by atoms with Crippen molar-refractivity contribution in [2.24, 2.45) is 0 Å². The van der Waals surface area contributed by atoms with Crippen molar-refractivity contribution in [3.05, 3.63) is 63.2 Å². The normalized spacial score (nSPS) is 15.4. The summed E-state index contributed by atoms with van der Waals surface area (Å²) in [5.74, 6) is 0.217. The van der Waals surface area contributed by atoms with Crippen LogP contribution in [0.15, 0.2) is 41.3 Å². The average molecular weight is 407 g/mol. The number of quaternary nitrogens is 1. The minimum Gasteiger partial charge on any atom is -0.378 e. The van der Waals surface area contributed by atoms with Gasteiger partial charge in [-0.2, -0.15) is 8.42 Å². The molecule has 1 saturated heterocycles. The Morgan fingerprint density at radius 3 is 2.54 bits per heavy atom. The number of para-hydroxylation sites is 1. The van der Waals surface area contributed by atoms with Gasteiger partial charge >= 0.3 is 10.1 Å². The van der Waals surface area contributed by atoms with Gasteiger partial charge in [0.1, 0.15) is 19.6 Å². The quantitative estimate of drug-likeness (QED) is 0.441. The summed E-state index contributed by atoms with van der Waals surface area (Å²) in [5, 5.41) is 11.2. The smallest absolute Gasteiger partial charge is 0.346 e. The summed E-state index contributed by atoms with van der Waals surface area (Å²) < 4.78 is 36.5. The third-order valence-corrected chi connectivity index (χ3v) is 6.02. The van der Waals surface area contributed by atoms with Gasteiger partial charge in [-0.15, -0.1) is 0 Å². The van der Waals surface area contributed by atoms with Gasteiger partial charge in [-0.05, 0) is 37.1 Å². The van der Waals surface area contributed by atoms with E-state index in [1.165, 1.54) is 23.1 Å². The number of nitrogens with zero attached hydrogens (tertiary/aromatic N) is 1. The standard InChI is InChI=1S/C19H22N2O6S/c1-14-11-15(2)16(13-20-7-9-26-10-8-20)18(12-14)27-28(24,25)19-6-4-3-5-17(19)21(22)23/h3-6,11-12H,7-10,13H2,1-2H3/p+1. The molecule has 1 N–H and O–H groups in total. The summed E-state index contributed by atoms with van der Waals surface area (Å²) >= 11 is 0. The SMILES string of the molecule is Cc1cc(C)c(C[NH+]2CCOCC2)c(OS(=O)(=O)c2ccccc2[N+](=O)[O-])c1. The van der Waals surface area contributed by atoms with E-state index in [-0.39, 0.29) is 5.75 Å². The van der Waals surface area contributed by atoms with E-state index >= 15 is 0 Å². The second-order valence-electron chi connectivity index (χ2n) is 6.86. The lowest BCUT2D eigenvalue weighted by Crippen LogP contribution is -3.12. The molecule has 1 aliphatic rings. The molecule has 0 aromatic heterocycles. The zero-order valence-corrected chi connectivity index (χ0v) is 16.6. The van der Waals surface area contributed by atoms with Gasteiger partial charge in [-0.1, -0.05) is 18.2 Å². The van der Waals surface area contributed by atoms with E-state index in [1.807, 2.05) is 19.9 Å². The molecule has 0 spiro atoms. The maximum atomic E-state index is 12.8. The molecule has 9 heteroatoms. The Bertz CT molecular complexity index is 984. The van der Waals surface area contributed by atoms with Crippen LogP contribution in [-0.2, 0) is 21.4 Å². The maximum absolute atomic E-state index is 12.8. The fourth-order valence-electron chi connectivity index (χ4n) is 3.33. The Morgan fingerprint density at radius 2 is 1.86 bits per heavy atom. The van der Waals surface area contributed by atoms with Crippen molar-refractivity contribution in [1.29, 1.82) is 0 Å². The fourth-order valence-corrected chi connectivity index (χ4v) is 4.45. The summed E-state index contributed by atoms with van der Waals surface area (Å²) in [6.07, 6.45) is 0. The van der Waals surface area contributed by atoms with Gasteiger partial charge in [-0.3, -0.25) is 10.1 Å². The van der Waals surface area contributed by atoms with Gasteiger partial charge in [0.15, 0.2) is 10.6 Å². The molecule has 0 saturated carbocycles. The Balaban J connectivity index is 1.98. The number of benzene rings is 2. The van der Waals surface area contributed by atoms with Crippen LogP contribution in [0.25, 0.3) is 0 Å². The molecule has 8 nitrogen and oxygen atoms in total. The minimum absolute atomic E-state index is 0.217. The van der Waals surface area contributed by atoms with Crippen LogP contribution in [0.2, 0.25) is 0 Å². The van der Waals surface area contributed by atoms with Crippen LogP contribution in [0, 0.1) is 24.0 Å². The topological polar surface area (TPSA) is 100 Å². The lowest BCUT2D eigenvalue weighted by Gasteiger charge is -2.25. The second-order valence-corrected chi connectivity index (χ2v) is 8.37. The first-order valence-corrected chi connectivity index (χ1v) is 10.4. The van der Waals surface area contributed by atoms with E-state index in [0.29, 0.717) is 19.8 Å². The molecule has 1 aliphatic heterocycles. The third-order valence-electron chi connectivity index (χ3n) is 4.73. The van der Waals surface area contributed by atoms with Crippen molar-refractivity contribution in [3.8, 4) is 5.75 Å². The summed E-state index contributed by atoms with van der Waals surface area (Å²) in [6, 6.07) is 8.82. The van der Waals surface area contributed by atoms with Gasteiger partial charge in [0.25, 0.3) is 5.69 Å². The van der Waals surface area contributed by atoms with E-state index in [1.54, 1.807) is 6.07 Å². The highest BCUT2D eigenvalue weighted by molar-refractivity contribution is 7.87. The highest BCUT2D eigenvalue weighted by atomic mass is 32.2. The van der Waals surface area contributed by atoms with Crippen molar-refractivity contribution >= 4 is 15.8 Å². The molecule has 1 fully saturated rings. The Morgan fingerprint density at radius 1 is 1.18 bits per heavy atom. The second kappa shape index (κ2) is 8.26. The monoisotopic (exact) mass is 407 g/mol. The van der Waals surface area contributed by atoms with E-state index in [4.69, 9.17) is 8.92 Å². The van der Waals surface area contributed by atoms with Gasteiger partial charge in [-0.25, -0.2) is 0 Å². The molecule has 1 heterocycles. The van der Waals surface area contributed by atoms with Gasteiger partial charge in [0.05, 0.1) is 23.7 Å². The summed E-state index contributed by atoms with van der Waals surface area (Å²) in [4.78, 5) is 11.3. The van der Waals surface area contributed by atoms with Crippen LogP contribution < -0.4 is 9.08 Å². The number of nitro groups is 1. The predicted octanol–water partition coefficient (Wildman–Crippen LogP) is 1.39. The average Bonchev–Trinajstić information content (AvgIpc) is 2.65. The van der Waals surface area contributed by atoms with Gasteiger partial charge in [0.2, 0.25) is 0 Å². The number of hydrogen-bond donors (Lipinski definition) is 1. The highest BCUT2D eigenvalue weighted by Gasteiger charge is 2.29. The molecule has 2 aromatic carbocycles. The highest BCUT2D eigenvalue weighted by Crippen LogP contribution is 2.30. The van der Waals surface area contributed by atoms with Gasteiger partial charge in [0, 0.05) is 6.07 Å². The molecule has 28 heavy (non-hydrogen) atoms. The van der Waals surface area contributed by atoms with Crippen molar-refractivity contribution in [2.45, 2.75) is 25.3 Å². The molecule has 0 radical (unpaired) electrons. The van der Waals surface area contributed by atoms with Crippen molar-refractivity contribution in [2.75, 3.05) is 26.3 Å². The molecule has 3 rings (SSSR count). The number of rotatable bonds is 6. The van der Waals surface area contributed by atoms with Crippen LogP contribution in [0.3, 0.4) is 0 Å². The van der Waals surface area contributed by atoms with Crippen LogP contribution in [-0.4, -0.2) is 39.6 Å². The van der Waals surface area contributed by atoms with E-state index < -0.39 is 25.6 Å². The van der Waals surface area contributed by atoms with Crippen molar-refractivity contribution in [3.63, 3.8) is 0 Å². The lowest BCUT2D eigenvalue weighted by molar-refractivity contribution is -0.921. The zero-order valence-electron chi connectivity index (χ0n) is 15.8. The number of nitro benzene ring substituents is 1. The molecular weight excluding hydrogens is 384 g/mol. The summed E-state index contributed by atoms with van der Waals surface area (Å²) in [6.45, 7) is 7.32. The third kappa shape index (κ3) is 4.49.